The van der Waals surface area contributed by atoms with E-state index >= 15 is 0 Å². The molecule has 3 unspecified atom stereocenters. The van der Waals surface area contributed by atoms with Crippen molar-refractivity contribution in [1.82, 2.24) is 0 Å². The molecule has 0 aromatic heterocycles. The lowest BCUT2D eigenvalue weighted by molar-refractivity contribution is -0.120. The molecule has 3 atom stereocenters. The molecule has 0 saturated heterocycles. The van der Waals surface area contributed by atoms with Crippen LogP contribution in [0.3, 0.4) is 0 Å². The van der Waals surface area contributed by atoms with Crippen LogP contribution in [-0.2, 0) is 21.3 Å². The van der Waals surface area contributed by atoms with Gasteiger partial charge in [0.05, 0.1) is 0 Å². The van der Waals surface area contributed by atoms with E-state index in [1.807, 2.05) is 25.1 Å². The lowest BCUT2D eigenvalue weighted by Crippen LogP contribution is -2.34. The Kier molecular flexibility index (Phi) is 7.53. The normalized spacial score (nSPS) is 22.5. The van der Waals surface area contributed by atoms with Gasteiger partial charge in [0.15, 0.2) is 0 Å². The molecule has 0 spiro atoms. The average Bonchev–Trinajstić information content (AvgIpc) is 2.42. The number of anilines is 1. The molecule has 0 bridgehead atoms. The summed E-state index contributed by atoms with van der Waals surface area (Å²) < 4.78 is 11.4. The van der Waals surface area contributed by atoms with E-state index in [2.05, 4.69) is 5.32 Å². The summed E-state index contributed by atoms with van der Waals surface area (Å²) in [5.74, 6) is 0.587. The van der Waals surface area contributed by atoms with Crippen molar-refractivity contribution in [3.63, 3.8) is 0 Å². The Morgan fingerprint density at radius 1 is 1.41 bits per heavy atom. The number of nitrogens with two attached hydrogens (primary N) is 1. The van der Waals surface area contributed by atoms with Crippen molar-refractivity contribution in [3.8, 4) is 0 Å². The molecule has 1 saturated carbocycles. The number of hydrogen-bond donors (Lipinski definition) is 2. The van der Waals surface area contributed by atoms with Gasteiger partial charge in [0.2, 0.25) is 5.91 Å². The summed E-state index contributed by atoms with van der Waals surface area (Å²) in [5.41, 5.74) is 8.80. The molecule has 1 aromatic rings. The zero-order valence-corrected chi connectivity index (χ0v) is 14.8. The molecule has 1 aliphatic rings. The zero-order chi connectivity index (χ0) is 15.4. The zero-order valence-electron chi connectivity index (χ0n) is 13.1. The number of hydrogen-bond acceptors (Lipinski definition) is 3. The molecule has 1 fully saturated rings. The maximum atomic E-state index is 12.4. The van der Waals surface area contributed by atoms with E-state index in [-0.39, 0.29) is 30.3 Å². The van der Waals surface area contributed by atoms with E-state index in [0.717, 1.165) is 42.5 Å². The van der Waals surface area contributed by atoms with Gasteiger partial charge in [-0.15, -0.1) is 12.4 Å². The van der Waals surface area contributed by atoms with Crippen LogP contribution in [-0.4, -0.2) is 22.4 Å². The molecule has 6 heteroatoms. The van der Waals surface area contributed by atoms with Crippen molar-refractivity contribution in [2.75, 3.05) is 11.6 Å². The molecule has 1 aromatic carbocycles. The van der Waals surface area contributed by atoms with Gasteiger partial charge < -0.3 is 11.1 Å². The Bertz CT molecular complexity index is 551. The molecule has 22 heavy (non-hydrogen) atoms. The Hall–Kier alpha value is -0.910. The fourth-order valence-electron chi connectivity index (χ4n) is 2.89. The smallest absolute Gasteiger partial charge is 0.227 e. The van der Waals surface area contributed by atoms with E-state index in [1.165, 1.54) is 0 Å². The van der Waals surface area contributed by atoms with Gasteiger partial charge in [0, 0.05) is 40.5 Å². The van der Waals surface area contributed by atoms with Gasteiger partial charge in [-0.1, -0.05) is 18.6 Å². The Labute approximate surface area is 141 Å². The van der Waals surface area contributed by atoms with Gasteiger partial charge in [0.1, 0.15) is 0 Å². The first kappa shape index (κ1) is 19.1. The van der Waals surface area contributed by atoms with Crippen molar-refractivity contribution in [2.45, 2.75) is 44.4 Å². The summed E-state index contributed by atoms with van der Waals surface area (Å²) in [6.45, 7) is 1.96. The maximum absolute atomic E-state index is 12.4. The second-order valence-corrected chi connectivity index (χ2v) is 7.36. The Morgan fingerprint density at radius 2 is 2.14 bits per heavy atom. The van der Waals surface area contributed by atoms with Crippen LogP contribution in [0, 0.1) is 12.8 Å². The quantitative estimate of drug-likeness (QED) is 0.882. The van der Waals surface area contributed by atoms with E-state index in [0.29, 0.717) is 5.75 Å². The molecule has 3 N–H and O–H groups in total. The van der Waals surface area contributed by atoms with E-state index in [9.17, 15) is 9.00 Å². The van der Waals surface area contributed by atoms with Gasteiger partial charge in [-0.05, 0) is 43.4 Å². The lowest BCUT2D eigenvalue weighted by atomic mass is 9.85. The molecule has 0 heterocycles. The minimum Gasteiger partial charge on any atom is -0.328 e. The molecule has 0 aliphatic heterocycles. The number of benzene rings is 1. The number of carbonyl (C=O) groups is 1. The van der Waals surface area contributed by atoms with Crippen LogP contribution in [0.4, 0.5) is 5.69 Å². The average molecular weight is 345 g/mol. The van der Waals surface area contributed by atoms with E-state index < -0.39 is 10.8 Å². The number of halogens is 1. The summed E-state index contributed by atoms with van der Waals surface area (Å²) in [4.78, 5) is 12.4. The highest BCUT2D eigenvalue weighted by molar-refractivity contribution is 7.83. The van der Waals surface area contributed by atoms with Crippen LogP contribution in [0.2, 0.25) is 0 Å². The Balaban J connectivity index is 0.00000242. The second kappa shape index (κ2) is 8.65. The second-order valence-electron chi connectivity index (χ2n) is 5.92. The van der Waals surface area contributed by atoms with E-state index in [1.54, 1.807) is 6.26 Å². The molecule has 124 valence electrons. The van der Waals surface area contributed by atoms with Crippen molar-refractivity contribution >= 4 is 34.8 Å². The molecular weight excluding hydrogens is 320 g/mol. The third kappa shape index (κ3) is 5.07. The number of nitrogens with one attached hydrogen (secondary N) is 1. The minimum absolute atomic E-state index is 0. The highest BCUT2D eigenvalue weighted by Crippen LogP contribution is 2.26. The summed E-state index contributed by atoms with van der Waals surface area (Å²) in [7, 11) is -0.886. The van der Waals surface area contributed by atoms with Gasteiger partial charge in [0.25, 0.3) is 0 Å². The highest BCUT2D eigenvalue weighted by Gasteiger charge is 2.25. The third-order valence-corrected chi connectivity index (χ3v) is 4.87. The Morgan fingerprint density at radius 3 is 2.77 bits per heavy atom. The van der Waals surface area contributed by atoms with Crippen LogP contribution >= 0.6 is 12.4 Å². The van der Waals surface area contributed by atoms with E-state index in [4.69, 9.17) is 5.73 Å². The summed E-state index contributed by atoms with van der Waals surface area (Å²) in [5, 5.41) is 3.02. The standard InChI is InChI=1S/C16H24N2O2S.ClH/c1-11-13(10-21(2)20)6-4-8-15(11)18-16(19)12-5-3-7-14(17)9-12;/h4,6,8,12,14H,3,5,7,9-10,17H2,1-2H3,(H,18,19);1H. The van der Waals surface area contributed by atoms with Crippen molar-refractivity contribution in [3.05, 3.63) is 29.3 Å². The van der Waals surface area contributed by atoms with Gasteiger partial charge >= 0.3 is 0 Å². The van der Waals surface area contributed by atoms with Crippen LogP contribution in [0.1, 0.15) is 36.8 Å². The number of carbonyl (C=O) groups excluding carboxylic acids is 1. The predicted octanol–water partition coefficient (Wildman–Crippen LogP) is 2.75. The third-order valence-electron chi connectivity index (χ3n) is 4.15. The summed E-state index contributed by atoms with van der Waals surface area (Å²) >= 11 is 0. The predicted molar refractivity (Wildman–Crippen MR) is 94.8 cm³/mol. The monoisotopic (exact) mass is 344 g/mol. The summed E-state index contributed by atoms with van der Waals surface area (Å²) in [6, 6.07) is 5.91. The molecule has 1 aliphatic carbocycles. The van der Waals surface area contributed by atoms with Crippen LogP contribution in [0.25, 0.3) is 0 Å². The molecule has 4 nitrogen and oxygen atoms in total. The van der Waals surface area contributed by atoms with Crippen LogP contribution < -0.4 is 11.1 Å². The van der Waals surface area contributed by atoms with Gasteiger partial charge in [-0.2, -0.15) is 0 Å². The van der Waals surface area contributed by atoms with Crippen LogP contribution in [0.15, 0.2) is 18.2 Å². The fourth-order valence-corrected chi connectivity index (χ4v) is 3.65. The molecule has 2 rings (SSSR count). The largest absolute Gasteiger partial charge is 0.328 e. The number of amides is 1. The SMILES string of the molecule is Cc1c(CS(C)=O)cccc1NC(=O)C1CCCC(N)C1.Cl. The van der Waals surface area contributed by atoms with Gasteiger partial charge in [-0.25, -0.2) is 0 Å². The first-order chi connectivity index (χ1) is 9.97. The minimum atomic E-state index is -0.886. The topological polar surface area (TPSA) is 72.2 Å². The number of rotatable bonds is 4. The molecule has 0 radical (unpaired) electrons. The molecular formula is C16H25ClN2O2S. The fraction of sp³-hybridized carbons (Fsp3) is 0.562. The first-order valence-electron chi connectivity index (χ1n) is 7.42. The van der Waals surface area contributed by atoms with Gasteiger partial charge in [-0.3, -0.25) is 9.00 Å². The van der Waals surface area contributed by atoms with Crippen molar-refractivity contribution in [2.24, 2.45) is 11.7 Å². The first-order valence-corrected chi connectivity index (χ1v) is 9.15. The summed E-state index contributed by atoms with van der Waals surface area (Å²) in [6.07, 6.45) is 5.41. The van der Waals surface area contributed by atoms with Crippen molar-refractivity contribution in [1.29, 1.82) is 0 Å². The molecule has 1 amide bonds. The highest BCUT2D eigenvalue weighted by atomic mass is 35.5. The maximum Gasteiger partial charge on any atom is 0.227 e. The lowest BCUT2D eigenvalue weighted by Gasteiger charge is -2.26. The van der Waals surface area contributed by atoms with Crippen LogP contribution in [0.5, 0.6) is 0 Å². The van der Waals surface area contributed by atoms with Crippen molar-refractivity contribution < 1.29 is 9.00 Å².